The molecule has 1 atom stereocenters. The summed E-state index contributed by atoms with van der Waals surface area (Å²) in [6.07, 6.45) is -2.55. The molecule has 42 heavy (non-hydrogen) atoms. The molecule has 3 heterocycles. The molecule has 1 aliphatic heterocycles. The second kappa shape index (κ2) is 12.4. The first-order valence-electron chi connectivity index (χ1n) is 13.6. The van der Waals surface area contributed by atoms with Crippen molar-refractivity contribution in [3.8, 4) is 11.5 Å². The lowest BCUT2D eigenvalue weighted by atomic mass is 9.95. The van der Waals surface area contributed by atoms with Crippen LogP contribution < -0.4 is 4.74 Å². The molecule has 13 heteroatoms. The number of carbonyl (C=O) groups is 1. The SMILES string of the molecule is CC(c1cn(COCC[Si](C)(C)C)c2nccc(Oc3c(F)cc(CC(=O)CCC4(F)COC4)cc3F)c12)C(F)(F)F. The van der Waals surface area contributed by atoms with E-state index < -0.39 is 49.0 Å². The smallest absolute Gasteiger partial charge is 0.395 e. The molecule has 0 spiro atoms. The summed E-state index contributed by atoms with van der Waals surface area (Å²) in [5.41, 5.74) is -1.61. The Bertz CT molecular complexity index is 1410. The number of hydrogen-bond acceptors (Lipinski definition) is 5. The van der Waals surface area contributed by atoms with Crippen molar-refractivity contribution in [2.45, 2.75) is 76.4 Å². The molecule has 1 aliphatic rings. The molecule has 230 valence electrons. The molecule has 0 bridgehead atoms. The number of hydrogen-bond donors (Lipinski definition) is 0. The fourth-order valence-electron chi connectivity index (χ4n) is 4.51. The van der Waals surface area contributed by atoms with Gasteiger partial charge in [0.15, 0.2) is 23.1 Å². The molecular weight excluding hydrogens is 582 g/mol. The number of aromatic nitrogens is 2. The van der Waals surface area contributed by atoms with Crippen molar-refractivity contribution in [3.63, 3.8) is 0 Å². The third-order valence-electron chi connectivity index (χ3n) is 7.18. The molecule has 0 radical (unpaired) electrons. The van der Waals surface area contributed by atoms with Gasteiger partial charge >= 0.3 is 6.18 Å². The summed E-state index contributed by atoms with van der Waals surface area (Å²) in [7, 11) is -1.40. The largest absolute Gasteiger partial charge is 0.450 e. The highest BCUT2D eigenvalue weighted by atomic mass is 28.3. The average molecular weight is 617 g/mol. The minimum atomic E-state index is -4.61. The van der Waals surface area contributed by atoms with Crippen LogP contribution in [0.1, 0.15) is 36.8 Å². The van der Waals surface area contributed by atoms with E-state index in [1.807, 2.05) is 0 Å². The first-order chi connectivity index (χ1) is 19.6. The quantitative estimate of drug-likeness (QED) is 0.112. The van der Waals surface area contributed by atoms with Crippen molar-refractivity contribution in [2.75, 3.05) is 19.8 Å². The standard InChI is InChI=1S/C29H34F6N2O4Si/c1-18(29(33,34)35)21-14-37(17-39-9-10-42(2,3)4)27-25(21)24(6-8-36-27)41-26-22(30)12-19(13-23(26)31)11-20(38)5-7-28(32)15-40-16-28/h6,8,12-14,18H,5,7,9-11,15-17H2,1-4H3. The molecule has 4 rings (SSSR count). The summed E-state index contributed by atoms with van der Waals surface area (Å²) in [6, 6.07) is 3.93. The molecular formula is C29H34F6N2O4Si. The van der Waals surface area contributed by atoms with Gasteiger partial charge in [0.2, 0.25) is 0 Å². The normalized spacial score (nSPS) is 16.0. The molecule has 2 aromatic heterocycles. The van der Waals surface area contributed by atoms with Gasteiger partial charge in [-0.3, -0.25) is 4.79 Å². The Morgan fingerprint density at radius 2 is 1.86 bits per heavy atom. The van der Waals surface area contributed by atoms with Crippen molar-refractivity contribution in [2.24, 2.45) is 0 Å². The van der Waals surface area contributed by atoms with Gasteiger partial charge < -0.3 is 18.8 Å². The first kappa shape index (κ1) is 32.0. The summed E-state index contributed by atoms with van der Waals surface area (Å²) in [5.74, 6) is -5.68. The zero-order valence-corrected chi connectivity index (χ0v) is 24.9. The highest BCUT2D eigenvalue weighted by Crippen LogP contribution is 2.43. The number of benzene rings is 1. The molecule has 0 N–H and O–H groups in total. The topological polar surface area (TPSA) is 62.6 Å². The van der Waals surface area contributed by atoms with E-state index >= 15 is 8.78 Å². The lowest BCUT2D eigenvalue weighted by Crippen LogP contribution is -2.45. The third-order valence-corrected chi connectivity index (χ3v) is 8.88. The van der Waals surface area contributed by atoms with Crippen LogP contribution in [0.2, 0.25) is 25.7 Å². The molecule has 0 amide bonds. The van der Waals surface area contributed by atoms with Gasteiger partial charge in [0, 0.05) is 39.9 Å². The van der Waals surface area contributed by atoms with Crippen LogP contribution in [-0.4, -0.2) is 55.1 Å². The fourth-order valence-corrected chi connectivity index (χ4v) is 5.27. The van der Waals surface area contributed by atoms with Crippen LogP contribution in [0.5, 0.6) is 11.5 Å². The van der Waals surface area contributed by atoms with E-state index in [-0.39, 0.29) is 67.1 Å². The van der Waals surface area contributed by atoms with Gasteiger partial charge in [-0.05, 0) is 48.7 Å². The lowest BCUT2D eigenvalue weighted by molar-refractivity contribution is -0.146. The highest BCUT2D eigenvalue weighted by molar-refractivity contribution is 6.76. The van der Waals surface area contributed by atoms with E-state index in [4.69, 9.17) is 14.2 Å². The van der Waals surface area contributed by atoms with Crippen molar-refractivity contribution >= 4 is 24.9 Å². The zero-order chi connectivity index (χ0) is 30.9. The van der Waals surface area contributed by atoms with Crippen LogP contribution >= 0.6 is 0 Å². The number of rotatable bonds is 13. The molecule has 0 aliphatic carbocycles. The van der Waals surface area contributed by atoms with Gasteiger partial charge in [-0.15, -0.1) is 0 Å². The minimum absolute atomic E-state index is 0.0213. The Hall–Kier alpha value is -2.90. The second-order valence-electron chi connectivity index (χ2n) is 12.0. The molecule has 1 aromatic carbocycles. The maximum absolute atomic E-state index is 15.1. The number of carbonyl (C=O) groups excluding carboxylic acids is 1. The predicted molar refractivity (Wildman–Crippen MR) is 147 cm³/mol. The fraction of sp³-hybridized carbons (Fsp3) is 0.517. The summed E-state index contributed by atoms with van der Waals surface area (Å²) >= 11 is 0. The Morgan fingerprint density at radius 1 is 1.19 bits per heavy atom. The second-order valence-corrected chi connectivity index (χ2v) is 17.6. The van der Waals surface area contributed by atoms with Crippen molar-refractivity contribution in [1.82, 2.24) is 9.55 Å². The number of ketones is 1. The van der Waals surface area contributed by atoms with Crippen molar-refractivity contribution in [1.29, 1.82) is 0 Å². The Balaban J connectivity index is 1.59. The molecule has 1 fully saturated rings. The van der Waals surface area contributed by atoms with Crippen molar-refractivity contribution < 1.29 is 45.3 Å². The third kappa shape index (κ3) is 7.73. The van der Waals surface area contributed by atoms with Gasteiger partial charge in [0.1, 0.15) is 23.9 Å². The van der Waals surface area contributed by atoms with E-state index in [1.165, 1.54) is 23.0 Å². The van der Waals surface area contributed by atoms with Crippen LogP contribution in [-0.2, 0) is 27.4 Å². The number of alkyl halides is 4. The number of pyridine rings is 1. The van der Waals surface area contributed by atoms with Gasteiger partial charge in [0.05, 0.1) is 24.5 Å². The zero-order valence-electron chi connectivity index (χ0n) is 23.9. The number of Topliss-reactive ketones (excluding diaryl/α,β-unsaturated/α-hetero) is 1. The molecule has 6 nitrogen and oxygen atoms in total. The van der Waals surface area contributed by atoms with E-state index in [0.29, 0.717) is 6.61 Å². The summed E-state index contributed by atoms with van der Waals surface area (Å²) in [4.78, 5) is 16.5. The summed E-state index contributed by atoms with van der Waals surface area (Å²) in [6.45, 7) is 7.68. The van der Waals surface area contributed by atoms with E-state index in [2.05, 4.69) is 24.6 Å². The molecule has 1 unspecified atom stereocenters. The number of ether oxygens (including phenoxy) is 3. The van der Waals surface area contributed by atoms with E-state index in [9.17, 15) is 22.4 Å². The maximum atomic E-state index is 15.1. The van der Waals surface area contributed by atoms with Crippen LogP contribution in [0.4, 0.5) is 26.3 Å². The lowest BCUT2D eigenvalue weighted by Gasteiger charge is -2.33. The Labute approximate surface area is 241 Å². The molecule has 3 aromatic rings. The Kier molecular flexibility index (Phi) is 9.43. The first-order valence-corrected chi connectivity index (χ1v) is 17.3. The maximum Gasteiger partial charge on any atom is 0.395 e. The van der Waals surface area contributed by atoms with Gasteiger partial charge in [-0.25, -0.2) is 18.2 Å². The minimum Gasteiger partial charge on any atom is -0.450 e. The van der Waals surface area contributed by atoms with Crippen LogP contribution in [0, 0.1) is 11.6 Å². The van der Waals surface area contributed by atoms with Gasteiger partial charge in [0.25, 0.3) is 0 Å². The highest BCUT2D eigenvalue weighted by Gasteiger charge is 2.40. The van der Waals surface area contributed by atoms with Crippen LogP contribution in [0.15, 0.2) is 30.6 Å². The van der Waals surface area contributed by atoms with Gasteiger partial charge in [-0.1, -0.05) is 19.6 Å². The summed E-state index contributed by atoms with van der Waals surface area (Å²) < 4.78 is 103. The monoisotopic (exact) mass is 616 g/mol. The predicted octanol–water partition coefficient (Wildman–Crippen LogP) is 7.72. The molecule has 0 saturated carbocycles. The van der Waals surface area contributed by atoms with Crippen LogP contribution in [0.3, 0.4) is 0 Å². The van der Waals surface area contributed by atoms with Crippen molar-refractivity contribution in [3.05, 3.63) is 53.4 Å². The number of nitrogens with zero attached hydrogens (tertiary/aromatic N) is 2. The number of halogens is 6. The summed E-state index contributed by atoms with van der Waals surface area (Å²) in [5, 5.41) is -0.0469. The van der Waals surface area contributed by atoms with E-state index in [0.717, 1.165) is 25.1 Å². The average Bonchev–Trinajstić information content (AvgIpc) is 3.24. The Morgan fingerprint density at radius 3 is 2.43 bits per heavy atom. The van der Waals surface area contributed by atoms with E-state index in [1.54, 1.807) is 0 Å². The van der Waals surface area contributed by atoms with Gasteiger partial charge in [-0.2, -0.15) is 13.2 Å². The van der Waals surface area contributed by atoms with Crippen LogP contribution in [0.25, 0.3) is 11.0 Å². The molecule has 1 saturated heterocycles. The number of fused-ring (bicyclic) bond motifs is 1.